The van der Waals surface area contributed by atoms with Crippen LogP contribution >= 0.6 is 0 Å². The summed E-state index contributed by atoms with van der Waals surface area (Å²) in [6.45, 7) is 7.96. The zero-order chi connectivity index (χ0) is 12.4. The Morgan fingerprint density at radius 2 is 2.06 bits per heavy atom. The van der Waals surface area contributed by atoms with Gasteiger partial charge in [-0.25, -0.2) is 4.98 Å². The van der Waals surface area contributed by atoms with Crippen molar-refractivity contribution in [1.29, 1.82) is 0 Å². The van der Waals surface area contributed by atoms with E-state index in [1.54, 1.807) is 0 Å². The maximum atomic E-state index is 5.90. The summed E-state index contributed by atoms with van der Waals surface area (Å²) in [4.78, 5) is 6.70. The number of ether oxygens (including phenoxy) is 1. The molecule has 0 aromatic carbocycles. The number of hydrogen-bond donors (Lipinski definition) is 1. The molecule has 0 spiro atoms. The molecule has 0 amide bonds. The van der Waals surface area contributed by atoms with Crippen molar-refractivity contribution in [3.63, 3.8) is 0 Å². The Hall–Kier alpha value is -1.13. The molecule has 2 rings (SSSR count). The molecule has 1 fully saturated rings. The highest BCUT2D eigenvalue weighted by Crippen LogP contribution is 2.20. The first-order valence-corrected chi connectivity index (χ1v) is 6.18. The van der Waals surface area contributed by atoms with Gasteiger partial charge in [0.25, 0.3) is 0 Å². The molecular formula is C13H21N3O. The largest absolute Gasteiger partial charge is 0.372 e. The van der Waals surface area contributed by atoms with Crippen molar-refractivity contribution in [2.24, 2.45) is 5.73 Å². The molecule has 1 aliphatic rings. The molecule has 4 heteroatoms. The van der Waals surface area contributed by atoms with Crippen LogP contribution in [0.15, 0.2) is 18.3 Å². The molecule has 1 aromatic rings. The lowest BCUT2D eigenvalue weighted by Crippen LogP contribution is -2.45. The molecule has 1 saturated heterocycles. The predicted molar refractivity (Wildman–Crippen MR) is 69.1 cm³/mol. The molecule has 0 radical (unpaired) electrons. The van der Waals surface area contributed by atoms with Gasteiger partial charge in [-0.05, 0) is 38.5 Å². The summed E-state index contributed by atoms with van der Waals surface area (Å²) in [6.07, 6.45) is 2.33. The molecule has 0 bridgehead atoms. The van der Waals surface area contributed by atoms with Crippen LogP contribution in [0.2, 0.25) is 0 Å². The first kappa shape index (κ1) is 12.3. The highest BCUT2D eigenvalue weighted by Gasteiger charge is 2.23. The average molecular weight is 235 g/mol. The maximum absolute atomic E-state index is 5.90. The predicted octanol–water partition coefficient (Wildman–Crippen LogP) is 1.71. The summed E-state index contributed by atoms with van der Waals surface area (Å²) in [6, 6.07) is 4.10. The molecule has 94 valence electrons. The van der Waals surface area contributed by atoms with Gasteiger partial charge in [-0.2, -0.15) is 0 Å². The highest BCUT2D eigenvalue weighted by atomic mass is 16.5. The van der Waals surface area contributed by atoms with E-state index in [0.29, 0.717) is 0 Å². The van der Waals surface area contributed by atoms with Crippen LogP contribution in [0, 0.1) is 0 Å². The Bertz CT molecular complexity index is 371. The molecule has 2 N–H and O–H groups in total. The number of aromatic nitrogens is 1. The normalized spacial score (nSPS) is 26.9. The number of anilines is 1. The van der Waals surface area contributed by atoms with Gasteiger partial charge < -0.3 is 15.4 Å². The molecule has 1 aromatic heterocycles. The van der Waals surface area contributed by atoms with Gasteiger partial charge in [0.15, 0.2) is 0 Å². The second-order valence-electron chi connectivity index (χ2n) is 4.90. The lowest BCUT2D eigenvalue weighted by atomic mass is 10.1. The molecule has 2 heterocycles. The van der Waals surface area contributed by atoms with Gasteiger partial charge in [0.2, 0.25) is 0 Å². The molecule has 1 aliphatic heterocycles. The van der Waals surface area contributed by atoms with Gasteiger partial charge in [0.1, 0.15) is 5.82 Å². The van der Waals surface area contributed by atoms with E-state index in [9.17, 15) is 0 Å². The fourth-order valence-electron chi connectivity index (χ4n) is 2.26. The number of pyridine rings is 1. The summed E-state index contributed by atoms with van der Waals surface area (Å²) in [5.41, 5.74) is 7.02. The van der Waals surface area contributed by atoms with Crippen LogP contribution in [0.5, 0.6) is 0 Å². The van der Waals surface area contributed by atoms with E-state index in [1.807, 2.05) is 19.2 Å². The average Bonchev–Trinajstić information content (AvgIpc) is 2.28. The Balaban J connectivity index is 2.18. The lowest BCUT2D eigenvalue weighted by Gasteiger charge is -2.36. The Kier molecular flexibility index (Phi) is 3.64. The first-order chi connectivity index (χ1) is 8.06. The minimum absolute atomic E-state index is 0.0487. The molecule has 0 saturated carbocycles. The van der Waals surface area contributed by atoms with Gasteiger partial charge in [-0.1, -0.05) is 0 Å². The fraction of sp³-hybridized carbons (Fsp3) is 0.615. The molecule has 0 unspecified atom stereocenters. The van der Waals surface area contributed by atoms with Crippen molar-refractivity contribution in [2.75, 3.05) is 18.0 Å². The third-order valence-corrected chi connectivity index (χ3v) is 3.04. The van der Waals surface area contributed by atoms with Crippen LogP contribution in [0.1, 0.15) is 32.4 Å². The molecular weight excluding hydrogens is 214 g/mol. The number of nitrogens with two attached hydrogens (primary N) is 1. The van der Waals surface area contributed by atoms with Gasteiger partial charge in [-0.15, -0.1) is 0 Å². The second-order valence-corrected chi connectivity index (χ2v) is 4.90. The van der Waals surface area contributed by atoms with Crippen LogP contribution < -0.4 is 10.6 Å². The van der Waals surface area contributed by atoms with Crippen LogP contribution in [0.3, 0.4) is 0 Å². The Morgan fingerprint density at radius 1 is 1.41 bits per heavy atom. The Labute approximate surface area is 103 Å². The summed E-state index contributed by atoms with van der Waals surface area (Å²) in [5.74, 6) is 1.00. The summed E-state index contributed by atoms with van der Waals surface area (Å²) >= 11 is 0. The van der Waals surface area contributed by atoms with E-state index in [0.717, 1.165) is 24.5 Å². The van der Waals surface area contributed by atoms with Crippen molar-refractivity contribution >= 4 is 5.82 Å². The van der Waals surface area contributed by atoms with Crippen molar-refractivity contribution in [1.82, 2.24) is 4.98 Å². The van der Waals surface area contributed by atoms with Crippen LogP contribution in [0.4, 0.5) is 5.82 Å². The van der Waals surface area contributed by atoms with E-state index in [4.69, 9.17) is 10.5 Å². The standard InChI is InChI=1S/C13H21N3O/c1-9-7-16(8-10(2)17-9)13-6-12(11(3)14)4-5-15-13/h4-6,9-11H,7-8,14H2,1-3H3/t9-,10+,11-/m1/s1. The van der Waals surface area contributed by atoms with Gasteiger partial charge in [-0.3, -0.25) is 0 Å². The smallest absolute Gasteiger partial charge is 0.128 e. The summed E-state index contributed by atoms with van der Waals surface area (Å²) in [7, 11) is 0. The minimum Gasteiger partial charge on any atom is -0.372 e. The highest BCUT2D eigenvalue weighted by molar-refractivity contribution is 5.42. The third kappa shape index (κ3) is 2.96. The van der Waals surface area contributed by atoms with Gasteiger partial charge in [0, 0.05) is 25.3 Å². The van der Waals surface area contributed by atoms with Crippen molar-refractivity contribution in [2.45, 2.75) is 39.0 Å². The fourth-order valence-corrected chi connectivity index (χ4v) is 2.26. The Morgan fingerprint density at radius 3 is 2.65 bits per heavy atom. The van der Waals surface area contributed by atoms with E-state index in [1.165, 1.54) is 0 Å². The van der Waals surface area contributed by atoms with E-state index >= 15 is 0 Å². The molecule has 4 nitrogen and oxygen atoms in total. The number of nitrogens with zero attached hydrogens (tertiary/aromatic N) is 2. The summed E-state index contributed by atoms with van der Waals surface area (Å²) < 4.78 is 5.72. The zero-order valence-corrected chi connectivity index (χ0v) is 10.8. The van der Waals surface area contributed by atoms with Crippen molar-refractivity contribution in [3.05, 3.63) is 23.9 Å². The van der Waals surface area contributed by atoms with Crippen LogP contribution in [0.25, 0.3) is 0 Å². The van der Waals surface area contributed by atoms with Crippen molar-refractivity contribution < 1.29 is 4.74 Å². The quantitative estimate of drug-likeness (QED) is 0.848. The van der Waals surface area contributed by atoms with E-state index in [-0.39, 0.29) is 18.2 Å². The molecule has 3 atom stereocenters. The maximum Gasteiger partial charge on any atom is 0.128 e. The van der Waals surface area contributed by atoms with Crippen LogP contribution in [-0.4, -0.2) is 30.3 Å². The van der Waals surface area contributed by atoms with Gasteiger partial charge in [0.05, 0.1) is 12.2 Å². The lowest BCUT2D eigenvalue weighted by molar-refractivity contribution is -0.00546. The van der Waals surface area contributed by atoms with E-state index < -0.39 is 0 Å². The van der Waals surface area contributed by atoms with Crippen LogP contribution in [-0.2, 0) is 4.74 Å². The topological polar surface area (TPSA) is 51.4 Å². The zero-order valence-electron chi connectivity index (χ0n) is 10.8. The SMILES string of the molecule is C[C@@H]1CN(c2cc([C@@H](C)N)ccn2)C[C@H](C)O1. The second kappa shape index (κ2) is 5.02. The number of morpholine rings is 1. The monoisotopic (exact) mass is 235 g/mol. The number of rotatable bonds is 2. The molecule has 17 heavy (non-hydrogen) atoms. The minimum atomic E-state index is 0.0487. The molecule has 0 aliphatic carbocycles. The van der Waals surface area contributed by atoms with Crippen molar-refractivity contribution in [3.8, 4) is 0 Å². The number of hydrogen-bond acceptors (Lipinski definition) is 4. The first-order valence-electron chi connectivity index (χ1n) is 6.18. The third-order valence-electron chi connectivity index (χ3n) is 3.04. The summed E-state index contributed by atoms with van der Waals surface area (Å²) in [5, 5.41) is 0. The van der Waals surface area contributed by atoms with E-state index in [2.05, 4.69) is 29.8 Å². The van der Waals surface area contributed by atoms with Gasteiger partial charge >= 0.3 is 0 Å².